The van der Waals surface area contributed by atoms with E-state index in [1.807, 2.05) is 6.07 Å². The van der Waals surface area contributed by atoms with E-state index >= 15 is 0 Å². The van der Waals surface area contributed by atoms with Crippen LogP contribution in [0.15, 0.2) is 223 Å². The van der Waals surface area contributed by atoms with Crippen LogP contribution < -0.4 is 0 Å². The fourth-order valence-electron chi connectivity index (χ4n) is 10.1. The van der Waals surface area contributed by atoms with Crippen LogP contribution in [0.4, 0.5) is 5.69 Å². The molecule has 1 aliphatic heterocycles. The van der Waals surface area contributed by atoms with Gasteiger partial charge in [0.2, 0.25) is 0 Å². The Labute approximate surface area is 357 Å². The van der Waals surface area contributed by atoms with Crippen LogP contribution in [0.1, 0.15) is 22.6 Å². The van der Waals surface area contributed by atoms with Gasteiger partial charge in [-0.1, -0.05) is 140 Å². The number of imidazole rings is 1. The highest BCUT2D eigenvalue weighted by atomic mass is 15.1. The number of nitrogens with zero attached hydrogens (tertiary/aromatic N) is 5. The van der Waals surface area contributed by atoms with Crippen molar-refractivity contribution in [2.24, 2.45) is 4.99 Å². The maximum atomic E-state index is 5.16. The van der Waals surface area contributed by atoms with Gasteiger partial charge in [0.15, 0.2) is 0 Å². The van der Waals surface area contributed by atoms with Crippen LogP contribution in [-0.2, 0) is 0 Å². The average molecular weight is 792 g/mol. The lowest BCUT2D eigenvalue weighted by Gasteiger charge is -2.17. The summed E-state index contributed by atoms with van der Waals surface area (Å²) in [5.41, 5.74) is 16.9. The third-order valence-corrected chi connectivity index (χ3v) is 12.7. The molecule has 9 aromatic carbocycles. The molecule has 3 aromatic heterocycles. The standard InChI is InChI=1S/C57H37N5/c1-3-15-38(16-4-1)56-53(43-19-7-10-22-46(43)58-56)37-27-29-40(30-28-37)60-48-24-12-8-20-44(48)54-51(60)35-36-52-55(54)45-21-9-13-25-49(45)61(52)41-31-33-42(34-32-41)62-50-26-14-11-23-47(50)59-57(62)39-17-5-2-6-18-39/h1-36,53H. The predicted octanol–water partition coefficient (Wildman–Crippen LogP) is 14.2. The second-order valence-electron chi connectivity index (χ2n) is 16.1. The van der Waals surface area contributed by atoms with Crippen LogP contribution in [0.5, 0.6) is 0 Å². The molecule has 0 saturated heterocycles. The van der Waals surface area contributed by atoms with Crippen molar-refractivity contribution in [2.75, 3.05) is 0 Å². The highest BCUT2D eigenvalue weighted by molar-refractivity contribution is 6.29. The van der Waals surface area contributed by atoms with Gasteiger partial charge >= 0.3 is 0 Å². The number of hydrogen-bond donors (Lipinski definition) is 0. The molecule has 0 spiro atoms. The van der Waals surface area contributed by atoms with Crippen LogP contribution in [0, 0.1) is 0 Å². The molecule has 1 aliphatic rings. The van der Waals surface area contributed by atoms with E-state index < -0.39 is 0 Å². The third kappa shape index (κ3) is 5.15. The van der Waals surface area contributed by atoms with Crippen LogP contribution in [0.2, 0.25) is 0 Å². The summed E-state index contributed by atoms with van der Waals surface area (Å²) in [5.74, 6) is 0.991. The predicted molar refractivity (Wildman–Crippen MR) is 256 cm³/mol. The fraction of sp³-hybridized carbons (Fsp3) is 0.0175. The molecule has 62 heavy (non-hydrogen) atoms. The van der Waals surface area contributed by atoms with Gasteiger partial charge in [-0.25, -0.2) is 4.98 Å². The van der Waals surface area contributed by atoms with Gasteiger partial charge in [0.25, 0.3) is 0 Å². The molecule has 0 fully saturated rings. The molecule has 0 N–H and O–H groups in total. The van der Waals surface area contributed by atoms with Crippen molar-refractivity contribution >= 4 is 66.0 Å². The summed E-state index contributed by atoms with van der Waals surface area (Å²) < 4.78 is 7.13. The first-order chi connectivity index (χ1) is 30.8. The van der Waals surface area contributed by atoms with E-state index in [0.29, 0.717) is 0 Å². The van der Waals surface area contributed by atoms with Gasteiger partial charge in [-0.15, -0.1) is 0 Å². The number of hydrogen-bond acceptors (Lipinski definition) is 2. The highest BCUT2D eigenvalue weighted by Gasteiger charge is 2.30. The Morgan fingerprint density at radius 2 is 0.839 bits per heavy atom. The molecular formula is C57H37N5. The summed E-state index contributed by atoms with van der Waals surface area (Å²) in [5, 5.41) is 4.98. The average Bonchev–Trinajstić information content (AvgIpc) is 4.10. The van der Waals surface area contributed by atoms with Gasteiger partial charge in [0.1, 0.15) is 5.82 Å². The van der Waals surface area contributed by atoms with Gasteiger partial charge in [-0.2, -0.15) is 0 Å². The van der Waals surface area contributed by atoms with E-state index in [1.165, 1.54) is 54.7 Å². The lowest BCUT2D eigenvalue weighted by atomic mass is 9.86. The molecule has 5 heteroatoms. The maximum absolute atomic E-state index is 5.16. The minimum absolute atomic E-state index is 0.0610. The first-order valence-corrected chi connectivity index (χ1v) is 21.2. The van der Waals surface area contributed by atoms with E-state index in [0.717, 1.165) is 56.4 Å². The molecule has 5 nitrogen and oxygen atoms in total. The van der Waals surface area contributed by atoms with Gasteiger partial charge in [0.05, 0.1) is 50.4 Å². The Hall–Kier alpha value is -8.28. The number of aliphatic imine (C=N–C) groups is 1. The summed E-state index contributed by atoms with van der Waals surface area (Å²) in [6, 6.07) is 78.4. The SMILES string of the molecule is c1ccc(C2=Nc3ccccc3C2c2ccc(-n3c4ccccc4c4c5c6ccccc6n(-c6ccc(-n7c(-c8ccccc8)nc8ccccc87)cc6)c5ccc43)cc2)cc1. The molecule has 1 atom stereocenters. The smallest absolute Gasteiger partial charge is 0.145 e. The summed E-state index contributed by atoms with van der Waals surface area (Å²) in [4.78, 5) is 10.2. The van der Waals surface area contributed by atoms with Crippen LogP contribution >= 0.6 is 0 Å². The zero-order valence-electron chi connectivity index (χ0n) is 33.6. The highest BCUT2D eigenvalue weighted by Crippen LogP contribution is 2.44. The number of benzene rings is 9. The van der Waals surface area contributed by atoms with Crippen LogP contribution in [-0.4, -0.2) is 24.4 Å². The Morgan fingerprint density at radius 3 is 1.47 bits per heavy atom. The van der Waals surface area contributed by atoms with Crippen LogP contribution in [0.25, 0.3) is 83.1 Å². The summed E-state index contributed by atoms with van der Waals surface area (Å²) in [6.45, 7) is 0. The van der Waals surface area contributed by atoms with E-state index in [1.54, 1.807) is 0 Å². The van der Waals surface area contributed by atoms with Crippen molar-refractivity contribution in [1.29, 1.82) is 0 Å². The van der Waals surface area contributed by atoms with E-state index in [9.17, 15) is 0 Å². The van der Waals surface area contributed by atoms with E-state index in [2.05, 4.69) is 226 Å². The fourth-order valence-corrected chi connectivity index (χ4v) is 10.1. The lowest BCUT2D eigenvalue weighted by molar-refractivity contribution is 1.09. The van der Waals surface area contributed by atoms with E-state index in [-0.39, 0.29) is 5.92 Å². The maximum Gasteiger partial charge on any atom is 0.145 e. The molecular weight excluding hydrogens is 755 g/mol. The van der Waals surface area contributed by atoms with Crippen molar-refractivity contribution in [1.82, 2.24) is 18.7 Å². The van der Waals surface area contributed by atoms with Crippen molar-refractivity contribution in [3.63, 3.8) is 0 Å². The zero-order valence-corrected chi connectivity index (χ0v) is 33.6. The minimum Gasteiger partial charge on any atom is -0.309 e. The first kappa shape index (κ1) is 34.6. The molecule has 0 radical (unpaired) electrons. The third-order valence-electron chi connectivity index (χ3n) is 12.7. The summed E-state index contributed by atoms with van der Waals surface area (Å²) in [6.07, 6.45) is 0. The molecule has 290 valence electrons. The summed E-state index contributed by atoms with van der Waals surface area (Å²) in [7, 11) is 0. The summed E-state index contributed by atoms with van der Waals surface area (Å²) >= 11 is 0. The Kier molecular flexibility index (Phi) is 7.60. The monoisotopic (exact) mass is 791 g/mol. The van der Waals surface area contributed by atoms with Gasteiger partial charge in [-0.3, -0.25) is 9.56 Å². The van der Waals surface area contributed by atoms with Crippen molar-refractivity contribution in [2.45, 2.75) is 5.92 Å². The van der Waals surface area contributed by atoms with Crippen LogP contribution in [0.3, 0.4) is 0 Å². The largest absolute Gasteiger partial charge is 0.309 e. The number of para-hydroxylation sites is 5. The van der Waals surface area contributed by atoms with Crippen molar-refractivity contribution in [3.05, 3.63) is 235 Å². The molecule has 0 bridgehead atoms. The second-order valence-corrected chi connectivity index (χ2v) is 16.1. The normalized spacial score (nSPS) is 13.7. The van der Waals surface area contributed by atoms with Gasteiger partial charge in [-0.05, 0) is 95.6 Å². The first-order valence-electron chi connectivity index (χ1n) is 21.2. The molecule has 0 saturated carbocycles. The Morgan fingerprint density at radius 1 is 0.355 bits per heavy atom. The van der Waals surface area contributed by atoms with Crippen molar-refractivity contribution in [3.8, 4) is 28.5 Å². The second kappa shape index (κ2) is 13.6. The molecule has 0 amide bonds. The Bertz CT molecular complexity index is 3720. The molecule has 0 aliphatic carbocycles. The molecule has 12 aromatic rings. The zero-order chi connectivity index (χ0) is 40.7. The minimum atomic E-state index is 0.0610. The Balaban J connectivity index is 0.955. The number of aromatic nitrogens is 4. The molecule has 13 rings (SSSR count). The lowest BCUT2D eigenvalue weighted by Crippen LogP contribution is -2.11. The number of rotatable bonds is 6. The van der Waals surface area contributed by atoms with Gasteiger partial charge in [0, 0.05) is 44.2 Å². The quantitative estimate of drug-likeness (QED) is 0.165. The molecule has 4 heterocycles. The molecule has 1 unspecified atom stereocenters. The topological polar surface area (TPSA) is 40.0 Å². The van der Waals surface area contributed by atoms with Gasteiger partial charge < -0.3 is 9.13 Å². The number of fused-ring (bicyclic) bond motifs is 9. The van der Waals surface area contributed by atoms with E-state index in [4.69, 9.17) is 9.98 Å². The van der Waals surface area contributed by atoms with Crippen molar-refractivity contribution < 1.29 is 0 Å².